The molecule has 12 heteroatoms. The zero-order valence-electron chi connectivity index (χ0n) is 21.1. The number of carbonyl (C=O) groups is 1. The van der Waals surface area contributed by atoms with Gasteiger partial charge >= 0.3 is 11.7 Å². The molecule has 1 saturated heterocycles. The molecular formula is C27H27F3N5O3S+. The number of aliphatic hydroxyl groups excluding tert-OH is 1. The fraction of sp³-hybridized carbons (Fsp3) is 0.370. The van der Waals surface area contributed by atoms with Crippen LogP contribution in [0.15, 0.2) is 30.5 Å². The summed E-state index contributed by atoms with van der Waals surface area (Å²) in [4.78, 5) is 23.7. The van der Waals surface area contributed by atoms with E-state index in [2.05, 4.69) is 27.1 Å². The Morgan fingerprint density at radius 2 is 1.95 bits per heavy atom. The van der Waals surface area contributed by atoms with Gasteiger partial charge in [0.15, 0.2) is 0 Å². The molecule has 4 N–H and O–H groups in total. The molecule has 0 unspecified atom stereocenters. The van der Waals surface area contributed by atoms with Crippen LogP contribution in [0.5, 0.6) is 0 Å². The molecule has 5 rings (SSSR count). The van der Waals surface area contributed by atoms with E-state index in [-0.39, 0.29) is 34.7 Å². The van der Waals surface area contributed by atoms with Crippen molar-refractivity contribution in [1.82, 2.24) is 9.97 Å². The second kappa shape index (κ2) is 10.9. The summed E-state index contributed by atoms with van der Waals surface area (Å²) < 4.78 is 55.0. The van der Waals surface area contributed by atoms with Crippen LogP contribution in [0.25, 0.3) is 11.3 Å². The normalized spacial score (nSPS) is 20.6. The van der Waals surface area contributed by atoms with Gasteiger partial charge in [0, 0.05) is 34.5 Å². The van der Waals surface area contributed by atoms with Crippen LogP contribution >= 0.6 is 0 Å². The number of amides is 1. The first-order valence-electron chi connectivity index (χ1n) is 12.6. The number of hydrogen-bond donors (Lipinski definition) is 3. The molecule has 204 valence electrons. The van der Waals surface area contributed by atoms with Gasteiger partial charge in [0.25, 0.3) is 11.7 Å². The lowest BCUT2D eigenvalue weighted by Gasteiger charge is -2.38. The second-order valence-corrected chi connectivity index (χ2v) is 10.6. The van der Waals surface area contributed by atoms with Gasteiger partial charge in [-0.3, -0.25) is 9.78 Å². The molecule has 0 spiro atoms. The van der Waals surface area contributed by atoms with Crippen molar-refractivity contribution in [3.63, 3.8) is 0 Å². The van der Waals surface area contributed by atoms with Gasteiger partial charge in [-0.2, -0.15) is 0 Å². The van der Waals surface area contributed by atoms with E-state index in [9.17, 15) is 27.3 Å². The fourth-order valence-corrected chi connectivity index (χ4v) is 5.78. The van der Waals surface area contributed by atoms with Gasteiger partial charge in [-0.25, -0.2) is 18.2 Å². The Hall–Kier alpha value is -3.48. The van der Waals surface area contributed by atoms with E-state index in [1.807, 2.05) is 0 Å². The van der Waals surface area contributed by atoms with Crippen LogP contribution in [0.4, 0.5) is 24.5 Å². The molecule has 1 aliphatic heterocycles. The SMILES string of the molecule is C[C@@H]1C[C@H](N)CN(c2c(NC(=O)c3ccc(F)c(-c4c(F)cc(C[S+]=O)cc4F)n3)cnc3c2CC[C@H]3O)C1. The number of aliphatic hydroxyl groups is 1. The summed E-state index contributed by atoms with van der Waals surface area (Å²) >= 11 is 0.148. The first-order chi connectivity index (χ1) is 18.7. The van der Waals surface area contributed by atoms with Gasteiger partial charge in [-0.15, -0.1) is 0 Å². The summed E-state index contributed by atoms with van der Waals surface area (Å²) in [7, 11) is 0. The highest BCUT2D eigenvalue weighted by molar-refractivity contribution is 7.64. The third-order valence-electron chi connectivity index (χ3n) is 7.07. The highest BCUT2D eigenvalue weighted by Gasteiger charge is 2.32. The molecule has 2 aromatic heterocycles. The lowest BCUT2D eigenvalue weighted by atomic mass is 9.95. The van der Waals surface area contributed by atoms with E-state index in [1.165, 1.54) is 6.20 Å². The molecule has 2 aliphatic rings. The Labute approximate surface area is 226 Å². The van der Waals surface area contributed by atoms with E-state index in [4.69, 9.17) is 5.73 Å². The minimum Gasteiger partial charge on any atom is -0.387 e. The number of rotatable bonds is 6. The van der Waals surface area contributed by atoms with Gasteiger partial charge in [-0.05, 0) is 49.4 Å². The van der Waals surface area contributed by atoms with Crippen LogP contribution in [0.2, 0.25) is 0 Å². The van der Waals surface area contributed by atoms with Crippen LogP contribution in [0.1, 0.15) is 53.2 Å². The zero-order chi connectivity index (χ0) is 27.8. The standard InChI is InChI=1S/C27H26F3N5O3S/c1-13-6-15(31)11-35(10-13)26-16-2-5-22(36)24(16)32-9-21(26)34-27(37)20-4-3-17(28)25(33-20)23-18(29)7-14(12-39-38)8-19(23)30/h3-4,7-9,13,15,22,36H,2,5-6,10-12,31H2,1H3/p+1/t13-,15+,22-/m1/s1. The van der Waals surface area contributed by atoms with Crippen molar-refractivity contribution in [2.45, 2.75) is 44.1 Å². The molecule has 39 heavy (non-hydrogen) atoms. The number of piperidine rings is 1. The maximum Gasteiger partial charge on any atom is 0.463 e. The Morgan fingerprint density at radius 3 is 2.64 bits per heavy atom. The second-order valence-electron chi connectivity index (χ2n) is 10.1. The Balaban J connectivity index is 1.50. The Kier molecular flexibility index (Phi) is 7.61. The van der Waals surface area contributed by atoms with Crippen LogP contribution < -0.4 is 16.0 Å². The van der Waals surface area contributed by atoms with E-state index < -0.39 is 40.7 Å². The summed E-state index contributed by atoms with van der Waals surface area (Å²) in [5.41, 5.74) is 7.22. The van der Waals surface area contributed by atoms with E-state index >= 15 is 0 Å². The van der Waals surface area contributed by atoms with Gasteiger partial charge in [0.05, 0.1) is 34.9 Å². The van der Waals surface area contributed by atoms with Crippen molar-refractivity contribution in [2.24, 2.45) is 11.7 Å². The molecule has 8 nitrogen and oxygen atoms in total. The van der Waals surface area contributed by atoms with Gasteiger partial charge in [-0.1, -0.05) is 6.92 Å². The van der Waals surface area contributed by atoms with E-state index in [0.29, 0.717) is 43.2 Å². The van der Waals surface area contributed by atoms with Crippen LogP contribution in [-0.4, -0.2) is 40.1 Å². The van der Waals surface area contributed by atoms with Crippen molar-refractivity contribution in [3.05, 3.63) is 70.4 Å². The van der Waals surface area contributed by atoms with Crippen molar-refractivity contribution in [3.8, 4) is 11.3 Å². The van der Waals surface area contributed by atoms with Crippen LogP contribution in [0.3, 0.4) is 0 Å². The highest BCUT2D eigenvalue weighted by Crippen LogP contribution is 2.41. The molecule has 3 aromatic rings. The molecule has 1 aromatic carbocycles. The number of hydrogen-bond acceptors (Lipinski definition) is 7. The van der Waals surface area contributed by atoms with Crippen LogP contribution in [0, 0.1) is 23.4 Å². The summed E-state index contributed by atoms with van der Waals surface area (Å²) in [5.74, 6) is -3.80. The number of anilines is 2. The molecule has 1 amide bonds. The number of nitrogens with one attached hydrogen (secondary N) is 1. The Morgan fingerprint density at radius 1 is 1.21 bits per heavy atom. The quantitative estimate of drug-likeness (QED) is 0.393. The molecule has 0 radical (unpaired) electrons. The average molecular weight is 559 g/mol. The topological polar surface area (TPSA) is 121 Å². The number of nitrogens with zero attached hydrogens (tertiary/aromatic N) is 3. The average Bonchev–Trinajstić information content (AvgIpc) is 3.24. The summed E-state index contributed by atoms with van der Waals surface area (Å²) in [6.45, 7) is 3.34. The van der Waals surface area contributed by atoms with Crippen molar-refractivity contribution in [2.75, 3.05) is 23.3 Å². The maximum atomic E-state index is 14.8. The predicted octanol–water partition coefficient (Wildman–Crippen LogP) is 3.89. The molecule has 3 heterocycles. The highest BCUT2D eigenvalue weighted by atomic mass is 32.1. The summed E-state index contributed by atoms with van der Waals surface area (Å²) in [6.07, 6.45) is 2.70. The number of nitrogens with two attached hydrogens (primary N) is 1. The molecule has 0 saturated carbocycles. The number of pyridine rings is 2. The third-order valence-corrected chi connectivity index (χ3v) is 7.52. The summed E-state index contributed by atoms with van der Waals surface area (Å²) in [6, 6.07) is 3.85. The minimum absolute atomic E-state index is 0.0721. The summed E-state index contributed by atoms with van der Waals surface area (Å²) in [5, 5.41) is 13.2. The lowest BCUT2D eigenvalue weighted by Crippen LogP contribution is -2.47. The maximum absolute atomic E-state index is 14.8. The number of carbonyl (C=O) groups excluding carboxylic acids is 1. The Bertz CT molecular complexity index is 1420. The van der Waals surface area contributed by atoms with Gasteiger partial charge < -0.3 is 21.1 Å². The van der Waals surface area contributed by atoms with Crippen molar-refractivity contribution >= 4 is 28.9 Å². The largest absolute Gasteiger partial charge is 0.463 e. The first-order valence-corrected chi connectivity index (χ1v) is 13.5. The number of halogens is 3. The molecule has 1 aliphatic carbocycles. The van der Waals surface area contributed by atoms with Crippen molar-refractivity contribution < 1.29 is 27.3 Å². The van der Waals surface area contributed by atoms with Crippen LogP contribution in [-0.2, 0) is 28.0 Å². The number of benzene rings is 1. The molecule has 0 bridgehead atoms. The van der Waals surface area contributed by atoms with Gasteiger partial charge in [0.1, 0.15) is 28.8 Å². The predicted molar refractivity (Wildman–Crippen MR) is 141 cm³/mol. The zero-order valence-corrected chi connectivity index (χ0v) is 21.9. The fourth-order valence-electron chi connectivity index (χ4n) is 5.48. The molecule has 3 atom stereocenters. The van der Waals surface area contributed by atoms with E-state index in [1.54, 1.807) is 0 Å². The number of aromatic nitrogens is 2. The first kappa shape index (κ1) is 27.1. The van der Waals surface area contributed by atoms with Crippen molar-refractivity contribution in [1.29, 1.82) is 0 Å². The molecule has 1 fully saturated rings. The smallest absolute Gasteiger partial charge is 0.387 e. The lowest BCUT2D eigenvalue weighted by molar-refractivity contribution is 0.102. The monoisotopic (exact) mass is 558 g/mol. The third kappa shape index (κ3) is 5.36. The van der Waals surface area contributed by atoms with Gasteiger partial charge in [0.2, 0.25) is 0 Å². The minimum atomic E-state index is -1.10. The van der Waals surface area contributed by atoms with E-state index in [0.717, 1.165) is 41.9 Å². The molecular weight excluding hydrogens is 531 g/mol. The number of fused-ring (bicyclic) bond motifs is 1.